The van der Waals surface area contributed by atoms with Crippen LogP contribution >= 0.6 is 23.1 Å². The SMILES string of the molecule is CCCc1ccc(C(=O)/C=C/c2ccc(OC)c(CN3CCSCC3)c2)s1. The second-order valence-electron chi connectivity index (χ2n) is 6.67. The zero-order valence-electron chi connectivity index (χ0n) is 16.1. The summed E-state index contributed by atoms with van der Waals surface area (Å²) >= 11 is 3.62. The smallest absolute Gasteiger partial charge is 0.195 e. The number of carbonyl (C=O) groups is 1. The van der Waals surface area contributed by atoms with Gasteiger partial charge in [-0.2, -0.15) is 11.8 Å². The number of benzene rings is 1. The maximum atomic E-state index is 12.4. The molecule has 0 spiro atoms. The van der Waals surface area contributed by atoms with Gasteiger partial charge in [-0.05, 0) is 42.3 Å². The van der Waals surface area contributed by atoms with E-state index >= 15 is 0 Å². The Morgan fingerprint density at radius 2 is 2.04 bits per heavy atom. The van der Waals surface area contributed by atoms with Gasteiger partial charge in [-0.25, -0.2) is 0 Å². The molecule has 27 heavy (non-hydrogen) atoms. The van der Waals surface area contributed by atoms with Gasteiger partial charge in [0.25, 0.3) is 0 Å². The van der Waals surface area contributed by atoms with Crippen molar-refractivity contribution in [1.82, 2.24) is 4.90 Å². The molecule has 0 amide bonds. The number of ketones is 1. The molecule has 0 bridgehead atoms. The lowest BCUT2D eigenvalue weighted by molar-refractivity contribution is 0.105. The van der Waals surface area contributed by atoms with Gasteiger partial charge in [0.2, 0.25) is 0 Å². The van der Waals surface area contributed by atoms with Crippen molar-refractivity contribution in [2.45, 2.75) is 26.3 Å². The van der Waals surface area contributed by atoms with E-state index in [2.05, 4.69) is 24.0 Å². The Bertz CT molecular complexity index is 791. The lowest BCUT2D eigenvalue weighted by atomic mass is 10.1. The number of aryl methyl sites for hydroxylation is 1. The van der Waals surface area contributed by atoms with E-state index in [1.165, 1.54) is 21.9 Å². The molecule has 144 valence electrons. The van der Waals surface area contributed by atoms with Crippen LogP contribution in [-0.4, -0.2) is 42.4 Å². The van der Waals surface area contributed by atoms with Crippen LogP contribution in [-0.2, 0) is 13.0 Å². The highest BCUT2D eigenvalue weighted by Crippen LogP contribution is 2.24. The average Bonchev–Trinajstić information content (AvgIpc) is 3.16. The van der Waals surface area contributed by atoms with Gasteiger partial charge in [0.1, 0.15) is 5.75 Å². The molecule has 1 saturated heterocycles. The minimum absolute atomic E-state index is 0.0766. The molecule has 1 aromatic carbocycles. The predicted octanol–water partition coefficient (Wildman–Crippen LogP) is 5.15. The topological polar surface area (TPSA) is 29.5 Å². The maximum absolute atomic E-state index is 12.4. The minimum atomic E-state index is 0.0766. The van der Waals surface area contributed by atoms with E-state index in [9.17, 15) is 4.79 Å². The summed E-state index contributed by atoms with van der Waals surface area (Å²) in [7, 11) is 1.72. The van der Waals surface area contributed by atoms with Crippen LogP contribution < -0.4 is 4.74 Å². The van der Waals surface area contributed by atoms with Gasteiger partial charge in [-0.3, -0.25) is 9.69 Å². The monoisotopic (exact) mass is 401 g/mol. The first-order chi connectivity index (χ1) is 13.2. The molecule has 1 aromatic heterocycles. The van der Waals surface area contributed by atoms with Crippen molar-refractivity contribution in [3.63, 3.8) is 0 Å². The van der Waals surface area contributed by atoms with Crippen LogP contribution in [0.3, 0.4) is 0 Å². The van der Waals surface area contributed by atoms with Gasteiger partial charge < -0.3 is 4.74 Å². The number of thiophene rings is 1. The molecule has 1 aliphatic rings. The van der Waals surface area contributed by atoms with E-state index in [4.69, 9.17) is 4.74 Å². The van der Waals surface area contributed by atoms with E-state index in [1.54, 1.807) is 24.5 Å². The number of ether oxygens (including phenoxy) is 1. The Morgan fingerprint density at radius 1 is 1.22 bits per heavy atom. The van der Waals surface area contributed by atoms with Crippen molar-refractivity contribution in [3.8, 4) is 5.75 Å². The average molecular weight is 402 g/mol. The molecular formula is C22H27NO2S2. The summed E-state index contributed by atoms with van der Waals surface area (Å²) in [5.74, 6) is 3.38. The molecule has 5 heteroatoms. The van der Waals surface area contributed by atoms with Crippen molar-refractivity contribution < 1.29 is 9.53 Å². The Hall–Kier alpha value is -1.56. The molecule has 1 fully saturated rings. The van der Waals surface area contributed by atoms with Crippen LogP contribution in [0, 0.1) is 0 Å². The number of allylic oxidation sites excluding steroid dienone is 1. The second kappa shape index (κ2) is 10.1. The summed E-state index contributed by atoms with van der Waals surface area (Å²) in [6.45, 7) is 5.28. The molecule has 0 saturated carbocycles. The number of carbonyl (C=O) groups excluding carboxylic acids is 1. The van der Waals surface area contributed by atoms with Crippen molar-refractivity contribution in [2.24, 2.45) is 0 Å². The van der Waals surface area contributed by atoms with E-state index in [1.807, 2.05) is 36.0 Å². The molecule has 2 aromatic rings. The Morgan fingerprint density at radius 3 is 2.78 bits per heavy atom. The fourth-order valence-corrected chi connectivity index (χ4v) is 5.18. The quantitative estimate of drug-likeness (QED) is 0.452. The summed E-state index contributed by atoms with van der Waals surface area (Å²) in [5, 5.41) is 0. The van der Waals surface area contributed by atoms with Gasteiger partial charge in [0, 0.05) is 41.6 Å². The largest absolute Gasteiger partial charge is 0.496 e. The number of methoxy groups -OCH3 is 1. The number of hydrogen-bond donors (Lipinski definition) is 0. The first kappa shape index (κ1) is 20.2. The molecule has 0 aliphatic carbocycles. The van der Waals surface area contributed by atoms with Gasteiger partial charge >= 0.3 is 0 Å². The molecule has 0 radical (unpaired) electrons. The second-order valence-corrected chi connectivity index (χ2v) is 9.07. The first-order valence-corrected chi connectivity index (χ1v) is 11.4. The molecule has 2 heterocycles. The standard InChI is InChI=1S/C22H27NO2S2/c1-3-4-19-7-10-22(27-19)20(24)8-5-17-6-9-21(25-2)18(15-17)16-23-11-13-26-14-12-23/h5-10,15H,3-4,11-14,16H2,1-2H3/b8-5+. The molecular weight excluding hydrogens is 374 g/mol. The van der Waals surface area contributed by atoms with Gasteiger partial charge in [0.15, 0.2) is 5.78 Å². The fourth-order valence-electron chi connectivity index (χ4n) is 3.17. The summed E-state index contributed by atoms with van der Waals surface area (Å²) in [6.07, 6.45) is 5.74. The summed E-state index contributed by atoms with van der Waals surface area (Å²) in [5.41, 5.74) is 2.22. The zero-order valence-corrected chi connectivity index (χ0v) is 17.7. The van der Waals surface area contributed by atoms with Gasteiger partial charge in [-0.15, -0.1) is 11.3 Å². The fraction of sp³-hybridized carbons (Fsp3) is 0.409. The highest BCUT2D eigenvalue weighted by atomic mass is 32.2. The van der Waals surface area contributed by atoms with E-state index in [-0.39, 0.29) is 5.78 Å². The predicted molar refractivity (Wildman–Crippen MR) is 117 cm³/mol. The summed E-state index contributed by atoms with van der Waals surface area (Å²) in [6, 6.07) is 10.2. The molecule has 0 atom stereocenters. The van der Waals surface area contributed by atoms with Crippen LogP contribution in [0.4, 0.5) is 0 Å². The first-order valence-electron chi connectivity index (χ1n) is 9.47. The normalized spacial score (nSPS) is 15.3. The summed E-state index contributed by atoms with van der Waals surface area (Å²) in [4.78, 5) is 17.0. The van der Waals surface area contributed by atoms with E-state index < -0.39 is 0 Å². The Balaban J connectivity index is 1.70. The number of nitrogens with zero attached hydrogens (tertiary/aromatic N) is 1. The summed E-state index contributed by atoms with van der Waals surface area (Å²) < 4.78 is 5.54. The highest BCUT2D eigenvalue weighted by Gasteiger charge is 2.13. The zero-order chi connectivity index (χ0) is 19.1. The third-order valence-electron chi connectivity index (χ3n) is 4.63. The molecule has 3 nitrogen and oxygen atoms in total. The molecule has 1 aliphatic heterocycles. The highest BCUT2D eigenvalue weighted by molar-refractivity contribution is 7.99. The van der Waals surface area contributed by atoms with Crippen LogP contribution in [0.5, 0.6) is 5.75 Å². The van der Waals surface area contributed by atoms with Crippen LogP contribution in [0.15, 0.2) is 36.4 Å². The third-order valence-corrected chi connectivity index (χ3v) is 6.73. The molecule has 3 rings (SSSR count). The van der Waals surface area contributed by atoms with Crippen LogP contribution in [0.1, 0.15) is 39.0 Å². The van der Waals surface area contributed by atoms with Crippen molar-refractivity contribution in [2.75, 3.05) is 31.7 Å². The van der Waals surface area contributed by atoms with Crippen LogP contribution in [0.2, 0.25) is 0 Å². The van der Waals surface area contributed by atoms with Gasteiger partial charge in [-0.1, -0.05) is 25.5 Å². The van der Waals surface area contributed by atoms with Gasteiger partial charge in [0.05, 0.1) is 12.0 Å². The van der Waals surface area contributed by atoms with E-state index in [0.29, 0.717) is 0 Å². The van der Waals surface area contributed by atoms with Crippen molar-refractivity contribution >= 4 is 35.0 Å². The molecule has 0 unspecified atom stereocenters. The Kier molecular flexibility index (Phi) is 7.56. The number of hydrogen-bond acceptors (Lipinski definition) is 5. The van der Waals surface area contributed by atoms with Crippen LogP contribution in [0.25, 0.3) is 6.08 Å². The van der Waals surface area contributed by atoms with E-state index in [0.717, 1.165) is 48.7 Å². The van der Waals surface area contributed by atoms with Crippen molar-refractivity contribution in [1.29, 1.82) is 0 Å². The molecule has 0 N–H and O–H groups in total. The third kappa shape index (κ3) is 5.71. The lowest BCUT2D eigenvalue weighted by Gasteiger charge is -2.26. The maximum Gasteiger partial charge on any atom is 0.195 e. The number of rotatable bonds is 8. The lowest BCUT2D eigenvalue weighted by Crippen LogP contribution is -2.32. The minimum Gasteiger partial charge on any atom is -0.496 e. The number of thioether (sulfide) groups is 1. The Labute approximate surface area is 170 Å². The van der Waals surface area contributed by atoms with Crippen molar-refractivity contribution in [3.05, 3.63) is 57.3 Å².